The number of unbranched alkanes of at least 4 members (excludes halogenated alkanes) is 1. The molecule has 0 aromatic heterocycles. The van der Waals surface area contributed by atoms with Gasteiger partial charge in [-0.25, -0.2) is 8.42 Å². The van der Waals surface area contributed by atoms with Crippen LogP contribution in [0.5, 0.6) is 5.75 Å². The van der Waals surface area contributed by atoms with Crippen molar-refractivity contribution >= 4 is 50.7 Å². The first-order valence-electron chi connectivity index (χ1n) is 14.9. The summed E-state index contributed by atoms with van der Waals surface area (Å²) in [6.45, 7) is 1.83. The van der Waals surface area contributed by atoms with Gasteiger partial charge in [0, 0.05) is 24.5 Å². The number of methoxy groups -OCH3 is 1. The van der Waals surface area contributed by atoms with Gasteiger partial charge in [0.05, 0.1) is 22.7 Å². The van der Waals surface area contributed by atoms with Crippen molar-refractivity contribution < 1.29 is 22.7 Å². The highest BCUT2D eigenvalue weighted by atomic mass is 35.5. The van der Waals surface area contributed by atoms with E-state index in [2.05, 4.69) is 5.32 Å². The zero-order valence-electron chi connectivity index (χ0n) is 25.7. The van der Waals surface area contributed by atoms with Gasteiger partial charge in [0.25, 0.3) is 10.0 Å². The molecule has 0 saturated carbocycles. The van der Waals surface area contributed by atoms with E-state index in [9.17, 15) is 18.0 Å². The molecule has 11 heteroatoms. The maximum Gasteiger partial charge on any atom is 0.264 e. The van der Waals surface area contributed by atoms with Crippen molar-refractivity contribution in [3.05, 3.63) is 124 Å². The molecule has 4 aromatic carbocycles. The van der Waals surface area contributed by atoms with Crippen molar-refractivity contribution in [3.63, 3.8) is 0 Å². The molecule has 0 unspecified atom stereocenters. The van der Waals surface area contributed by atoms with Gasteiger partial charge in [-0.1, -0.05) is 97.2 Å². The molecule has 2 amide bonds. The molecule has 0 fully saturated rings. The van der Waals surface area contributed by atoms with Crippen LogP contribution in [0.3, 0.4) is 0 Å². The Bertz CT molecular complexity index is 1720. The lowest BCUT2D eigenvalue weighted by molar-refractivity contribution is -0.140. The minimum absolute atomic E-state index is 0.0111. The second-order valence-corrected chi connectivity index (χ2v) is 13.3. The molecule has 1 N–H and O–H groups in total. The number of hydrogen-bond acceptors (Lipinski definition) is 5. The lowest BCUT2D eigenvalue weighted by Crippen LogP contribution is -2.53. The summed E-state index contributed by atoms with van der Waals surface area (Å²) < 4.78 is 34.6. The number of nitrogens with one attached hydrogen (secondary N) is 1. The summed E-state index contributed by atoms with van der Waals surface area (Å²) in [6, 6.07) is 27.8. The molecular weight excluding hydrogens is 645 g/mol. The maximum atomic E-state index is 14.6. The molecule has 0 aliphatic carbocycles. The van der Waals surface area contributed by atoms with Gasteiger partial charge >= 0.3 is 0 Å². The number of hydrogen-bond donors (Lipinski definition) is 1. The number of anilines is 1. The molecule has 0 heterocycles. The van der Waals surface area contributed by atoms with Crippen LogP contribution < -0.4 is 14.4 Å². The summed E-state index contributed by atoms with van der Waals surface area (Å²) >= 11 is 12.8. The van der Waals surface area contributed by atoms with Gasteiger partial charge in [-0.05, 0) is 60.0 Å². The average molecular weight is 683 g/mol. The number of halogens is 2. The van der Waals surface area contributed by atoms with E-state index in [4.69, 9.17) is 27.9 Å². The van der Waals surface area contributed by atoms with Gasteiger partial charge in [0.2, 0.25) is 11.8 Å². The fourth-order valence-electron chi connectivity index (χ4n) is 4.94. The average Bonchev–Trinajstić information content (AvgIpc) is 3.07. The normalized spacial score (nSPS) is 11.8. The minimum Gasteiger partial charge on any atom is -0.497 e. The predicted molar refractivity (Wildman–Crippen MR) is 183 cm³/mol. The fraction of sp³-hybridized carbons (Fsp3) is 0.257. The van der Waals surface area contributed by atoms with Crippen LogP contribution in [0.15, 0.2) is 108 Å². The fourth-order valence-corrected chi connectivity index (χ4v) is 6.82. The van der Waals surface area contributed by atoms with E-state index in [1.165, 1.54) is 35.2 Å². The zero-order valence-corrected chi connectivity index (χ0v) is 28.1. The Morgan fingerprint density at radius 2 is 1.54 bits per heavy atom. The van der Waals surface area contributed by atoms with E-state index >= 15 is 0 Å². The third-order valence-electron chi connectivity index (χ3n) is 7.37. The number of carbonyl (C=O) groups is 2. The number of nitrogens with zero attached hydrogens (tertiary/aromatic N) is 2. The van der Waals surface area contributed by atoms with Crippen LogP contribution in [0, 0.1) is 0 Å². The van der Waals surface area contributed by atoms with Gasteiger partial charge in [-0.15, -0.1) is 0 Å². The molecule has 0 spiro atoms. The first kappa shape index (κ1) is 34.8. The van der Waals surface area contributed by atoms with E-state index in [0.717, 1.165) is 22.7 Å². The maximum absolute atomic E-state index is 14.6. The number of sulfonamides is 1. The van der Waals surface area contributed by atoms with Crippen LogP contribution in [-0.2, 0) is 32.6 Å². The Labute approximate surface area is 280 Å². The summed E-state index contributed by atoms with van der Waals surface area (Å²) in [5, 5.41) is 3.31. The molecule has 242 valence electrons. The van der Waals surface area contributed by atoms with Crippen LogP contribution >= 0.6 is 23.2 Å². The van der Waals surface area contributed by atoms with Gasteiger partial charge in [-0.3, -0.25) is 13.9 Å². The lowest BCUT2D eigenvalue weighted by atomic mass is 10.0. The van der Waals surface area contributed by atoms with E-state index < -0.39 is 28.5 Å². The molecule has 0 aliphatic rings. The van der Waals surface area contributed by atoms with Crippen LogP contribution in [-0.4, -0.2) is 51.4 Å². The predicted octanol–water partition coefficient (Wildman–Crippen LogP) is 6.75. The van der Waals surface area contributed by atoms with Crippen molar-refractivity contribution in [2.75, 3.05) is 24.5 Å². The second kappa shape index (κ2) is 16.5. The summed E-state index contributed by atoms with van der Waals surface area (Å²) in [5.74, 6) is -0.368. The first-order chi connectivity index (χ1) is 22.1. The van der Waals surface area contributed by atoms with E-state index in [1.54, 1.807) is 43.5 Å². The number of carbonyl (C=O) groups excluding carboxylic acids is 2. The molecule has 0 aliphatic heterocycles. The van der Waals surface area contributed by atoms with Gasteiger partial charge in [0.15, 0.2) is 0 Å². The quantitative estimate of drug-likeness (QED) is 0.140. The molecule has 1 atom stereocenters. The highest BCUT2D eigenvalue weighted by Gasteiger charge is 2.35. The van der Waals surface area contributed by atoms with Crippen LogP contribution in [0.1, 0.15) is 30.9 Å². The highest BCUT2D eigenvalue weighted by Crippen LogP contribution is 2.33. The smallest absolute Gasteiger partial charge is 0.264 e. The molecular formula is C35H37Cl2N3O5S. The van der Waals surface area contributed by atoms with Crippen LogP contribution in [0.4, 0.5) is 5.69 Å². The monoisotopic (exact) mass is 681 g/mol. The SMILES string of the molecule is CCCCNC(=O)[C@H](Cc1ccccc1)N(Cc1cccc(OC)c1)C(=O)CN(c1cc(Cl)ccc1Cl)S(=O)(=O)c1ccccc1. The van der Waals surface area contributed by atoms with Crippen molar-refractivity contribution in [2.45, 2.75) is 43.7 Å². The van der Waals surface area contributed by atoms with E-state index in [0.29, 0.717) is 17.9 Å². The molecule has 8 nitrogen and oxygen atoms in total. The minimum atomic E-state index is -4.31. The Kier molecular flexibility index (Phi) is 12.5. The highest BCUT2D eigenvalue weighted by molar-refractivity contribution is 7.92. The topological polar surface area (TPSA) is 96.0 Å². The largest absolute Gasteiger partial charge is 0.497 e. The van der Waals surface area contributed by atoms with Crippen molar-refractivity contribution in [3.8, 4) is 5.75 Å². The van der Waals surface area contributed by atoms with Gasteiger partial charge in [-0.2, -0.15) is 0 Å². The third-order valence-corrected chi connectivity index (χ3v) is 9.70. The Morgan fingerprint density at radius 3 is 2.22 bits per heavy atom. The van der Waals surface area contributed by atoms with Crippen LogP contribution in [0.2, 0.25) is 10.0 Å². The first-order valence-corrected chi connectivity index (χ1v) is 17.1. The second-order valence-electron chi connectivity index (χ2n) is 10.6. The molecule has 0 bridgehead atoms. The molecule has 4 aromatic rings. The Hall–Kier alpha value is -4.05. The van der Waals surface area contributed by atoms with Crippen molar-refractivity contribution in [1.82, 2.24) is 10.2 Å². The van der Waals surface area contributed by atoms with Crippen LogP contribution in [0.25, 0.3) is 0 Å². The Balaban J connectivity index is 1.82. The molecule has 0 radical (unpaired) electrons. The third kappa shape index (κ3) is 9.02. The summed E-state index contributed by atoms with van der Waals surface area (Å²) in [6.07, 6.45) is 1.85. The number of benzene rings is 4. The molecule has 4 rings (SSSR count). The van der Waals surface area contributed by atoms with Crippen molar-refractivity contribution in [1.29, 1.82) is 0 Å². The van der Waals surface area contributed by atoms with Gasteiger partial charge in [0.1, 0.15) is 18.3 Å². The lowest BCUT2D eigenvalue weighted by Gasteiger charge is -2.34. The number of rotatable bonds is 15. The number of ether oxygens (including phenoxy) is 1. The van der Waals surface area contributed by atoms with Gasteiger partial charge < -0.3 is 15.0 Å². The molecule has 46 heavy (non-hydrogen) atoms. The summed E-state index contributed by atoms with van der Waals surface area (Å²) in [4.78, 5) is 29.8. The molecule has 0 saturated heterocycles. The van der Waals surface area contributed by atoms with E-state index in [-0.39, 0.29) is 39.5 Å². The number of amides is 2. The van der Waals surface area contributed by atoms with Crippen molar-refractivity contribution in [2.24, 2.45) is 0 Å². The zero-order chi connectivity index (χ0) is 33.1. The summed E-state index contributed by atoms with van der Waals surface area (Å²) in [7, 11) is -2.76. The van der Waals surface area contributed by atoms with E-state index in [1.807, 2.05) is 43.3 Å². The Morgan fingerprint density at radius 1 is 0.870 bits per heavy atom. The standard InChI is InChI=1S/C35H37Cl2N3O5S/c1-3-4-20-38-35(42)33(22-26-12-7-5-8-13-26)39(24-27-14-11-15-29(21-27)45-2)34(41)25-40(32-23-28(36)18-19-31(32)37)46(43,44)30-16-9-6-10-17-30/h5-19,21,23,33H,3-4,20,22,24-25H2,1-2H3,(H,38,42)/t33-/m0/s1. The summed E-state index contributed by atoms with van der Waals surface area (Å²) in [5.41, 5.74) is 1.58.